The van der Waals surface area contributed by atoms with Gasteiger partial charge in [-0.3, -0.25) is 14.9 Å². The van der Waals surface area contributed by atoms with E-state index in [0.29, 0.717) is 11.5 Å². The Morgan fingerprint density at radius 1 is 1.03 bits per heavy atom. The number of nitrogens with zero attached hydrogens (tertiary/aromatic N) is 4. The second-order valence-corrected chi connectivity index (χ2v) is 6.84. The first-order valence-corrected chi connectivity index (χ1v) is 9.33. The van der Waals surface area contributed by atoms with Crippen LogP contribution in [0.5, 0.6) is 0 Å². The molecular weight excluding hydrogens is 382 g/mol. The number of rotatable bonds is 6. The van der Waals surface area contributed by atoms with Crippen molar-refractivity contribution in [2.45, 2.75) is 13.3 Å². The number of non-ortho nitro benzene ring substituents is 1. The van der Waals surface area contributed by atoms with Gasteiger partial charge in [-0.2, -0.15) is 5.10 Å². The zero-order valence-electron chi connectivity index (χ0n) is 16.2. The number of benzene rings is 2. The fourth-order valence-electron chi connectivity index (χ4n) is 3.17. The SMILES string of the molecule is Cc1cc(NC(=O)Cc2ccc(-n3cccc3)cc2)n(-c2ccc([N+](=O)[O-])cc2)n1. The van der Waals surface area contributed by atoms with Crippen LogP contribution in [0.1, 0.15) is 11.3 Å². The van der Waals surface area contributed by atoms with Crippen LogP contribution < -0.4 is 5.32 Å². The van der Waals surface area contributed by atoms with Gasteiger partial charge in [-0.15, -0.1) is 0 Å². The van der Waals surface area contributed by atoms with Crippen LogP contribution in [0.25, 0.3) is 11.4 Å². The molecule has 0 unspecified atom stereocenters. The summed E-state index contributed by atoms with van der Waals surface area (Å²) in [7, 11) is 0. The van der Waals surface area contributed by atoms with Crippen molar-refractivity contribution in [2.24, 2.45) is 0 Å². The summed E-state index contributed by atoms with van der Waals surface area (Å²) in [4.78, 5) is 23.0. The molecule has 0 aliphatic rings. The number of nitrogens with one attached hydrogen (secondary N) is 1. The molecule has 30 heavy (non-hydrogen) atoms. The Balaban J connectivity index is 1.48. The highest BCUT2D eigenvalue weighted by Crippen LogP contribution is 2.20. The highest BCUT2D eigenvalue weighted by molar-refractivity contribution is 5.91. The first-order chi connectivity index (χ1) is 14.5. The molecule has 0 atom stereocenters. The molecule has 8 nitrogen and oxygen atoms in total. The van der Waals surface area contributed by atoms with Gasteiger partial charge >= 0.3 is 0 Å². The summed E-state index contributed by atoms with van der Waals surface area (Å²) >= 11 is 0. The van der Waals surface area contributed by atoms with Gasteiger partial charge in [0.1, 0.15) is 5.82 Å². The quantitative estimate of drug-likeness (QED) is 0.389. The van der Waals surface area contributed by atoms with E-state index in [2.05, 4.69) is 10.4 Å². The van der Waals surface area contributed by atoms with E-state index >= 15 is 0 Å². The van der Waals surface area contributed by atoms with E-state index in [1.54, 1.807) is 22.9 Å². The third kappa shape index (κ3) is 4.12. The number of carbonyl (C=O) groups excluding carboxylic acids is 1. The number of amides is 1. The van der Waals surface area contributed by atoms with Gasteiger partial charge in [-0.25, -0.2) is 4.68 Å². The molecule has 4 rings (SSSR count). The van der Waals surface area contributed by atoms with Crippen LogP contribution in [0.15, 0.2) is 79.1 Å². The van der Waals surface area contributed by atoms with Gasteiger partial charge in [0.05, 0.1) is 22.7 Å². The van der Waals surface area contributed by atoms with Gasteiger partial charge in [0.15, 0.2) is 0 Å². The van der Waals surface area contributed by atoms with Gasteiger partial charge in [0.25, 0.3) is 5.69 Å². The lowest BCUT2D eigenvalue weighted by molar-refractivity contribution is -0.384. The van der Waals surface area contributed by atoms with Crippen LogP contribution in [0.2, 0.25) is 0 Å². The average Bonchev–Trinajstić information content (AvgIpc) is 3.38. The largest absolute Gasteiger partial charge is 0.324 e. The number of carbonyl (C=O) groups is 1. The maximum absolute atomic E-state index is 12.6. The number of nitro benzene ring substituents is 1. The smallest absolute Gasteiger partial charge is 0.269 e. The van der Waals surface area contributed by atoms with Crippen molar-refractivity contribution < 1.29 is 9.72 Å². The predicted octanol–water partition coefficient (Wildman–Crippen LogP) is 4.06. The van der Waals surface area contributed by atoms with E-state index in [1.165, 1.54) is 12.1 Å². The molecule has 0 saturated carbocycles. The summed E-state index contributed by atoms with van der Waals surface area (Å²) in [5.41, 5.74) is 3.26. The molecule has 0 aliphatic carbocycles. The summed E-state index contributed by atoms with van der Waals surface area (Å²) in [5, 5.41) is 18.1. The summed E-state index contributed by atoms with van der Waals surface area (Å²) in [6.07, 6.45) is 4.14. The molecule has 150 valence electrons. The number of nitro groups is 1. The molecule has 2 heterocycles. The van der Waals surface area contributed by atoms with Gasteiger partial charge in [-0.1, -0.05) is 12.1 Å². The molecule has 0 bridgehead atoms. The monoisotopic (exact) mass is 401 g/mol. The normalized spacial score (nSPS) is 10.7. The Labute approximate surface area is 172 Å². The Bertz CT molecular complexity index is 1180. The fraction of sp³-hybridized carbons (Fsp3) is 0.0909. The fourth-order valence-corrected chi connectivity index (χ4v) is 3.17. The molecule has 4 aromatic rings. The van der Waals surface area contributed by atoms with Crippen LogP contribution in [-0.4, -0.2) is 25.2 Å². The summed E-state index contributed by atoms with van der Waals surface area (Å²) < 4.78 is 3.56. The third-order valence-corrected chi connectivity index (χ3v) is 4.61. The Hall–Kier alpha value is -4.20. The number of aromatic nitrogens is 3. The number of anilines is 1. The zero-order chi connectivity index (χ0) is 21.1. The molecule has 0 saturated heterocycles. The second kappa shape index (κ2) is 8.04. The molecule has 1 N–H and O–H groups in total. The minimum atomic E-state index is -0.456. The maximum Gasteiger partial charge on any atom is 0.269 e. The van der Waals surface area contributed by atoms with E-state index in [4.69, 9.17) is 0 Å². The van der Waals surface area contributed by atoms with Gasteiger partial charge < -0.3 is 9.88 Å². The lowest BCUT2D eigenvalue weighted by Gasteiger charge is -2.09. The molecule has 8 heteroatoms. The molecular formula is C22H19N5O3. The highest BCUT2D eigenvalue weighted by atomic mass is 16.6. The van der Waals surface area contributed by atoms with E-state index in [-0.39, 0.29) is 18.0 Å². The van der Waals surface area contributed by atoms with Gasteiger partial charge in [0, 0.05) is 36.3 Å². The Morgan fingerprint density at radius 2 is 1.67 bits per heavy atom. The van der Waals surface area contributed by atoms with Crippen LogP contribution in [0, 0.1) is 17.0 Å². The van der Waals surface area contributed by atoms with E-state index in [1.807, 2.05) is 60.3 Å². The molecule has 0 fully saturated rings. The van der Waals surface area contributed by atoms with Crippen LogP contribution in [0.4, 0.5) is 11.5 Å². The molecule has 1 amide bonds. The van der Waals surface area contributed by atoms with Crippen LogP contribution >= 0.6 is 0 Å². The second-order valence-electron chi connectivity index (χ2n) is 6.84. The van der Waals surface area contributed by atoms with Gasteiger partial charge in [-0.05, 0) is 48.9 Å². The highest BCUT2D eigenvalue weighted by Gasteiger charge is 2.13. The van der Waals surface area contributed by atoms with Crippen molar-refractivity contribution in [1.82, 2.24) is 14.3 Å². The van der Waals surface area contributed by atoms with Crippen LogP contribution in [-0.2, 0) is 11.2 Å². The van der Waals surface area contributed by atoms with Crippen molar-refractivity contribution in [3.63, 3.8) is 0 Å². The van der Waals surface area contributed by atoms with Crippen molar-refractivity contribution in [2.75, 3.05) is 5.32 Å². The molecule has 0 radical (unpaired) electrons. The van der Waals surface area contributed by atoms with Crippen molar-refractivity contribution in [3.8, 4) is 11.4 Å². The first-order valence-electron chi connectivity index (χ1n) is 9.33. The zero-order valence-corrected chi connectivity index (χ0v) is 16.2. The van der Waals surface area contributed by atoms with Crippen molar-refractivity contribution in [1.29, 1.82) is 0 Å². The molecule has 0 spiro atoms. The summed E-state index contributed by atoms with van der Waals surface area (Å²) in [5.74, 6) is 0.335. The maximum atomic E-state index is 12.6. The Kier molecular flexibility index (Phi) is 5.13. The molecule has 0 aliphatic heterocycles. The minimum Gasteiger partial charge on any atom is -0.324 e. The topological polar surface area (TPSA) is 95.0 Å². The third-order valence-electron chi connectivity index (χ3n) is 4.61. The average molecular weight is 401 g/mol. The minimum absolute atomic E-state index is 0.00317. The van der Waals surface area contributed by atoms with Crippen LogP contribution in [0.3, 0.4) is 0 Å². The Morgan fingerprint density at radius 3 is 2.30 bits per heavy atom. The lowest BCUT2D eigenvalue weighted by Crippen LogP contribution is -2.17. The predicted molar refractivity (Wildman–Crippen MR) is 113 cm³/mol. The summed E-state index contributed by atoms with van der Waals surface area (Å²) in [6.45, 7) is 1.82. The van der Waals surface area contributed by atoms with Crippen molar-refractivity contribution >= 4 is 17.4 Å². The lowest BCUT2D eigenvalue weighted by atomic mass is 10.1. The number of hydrogen-bond donors (Lipinski definition) is 1. The standard InChI is InChI=1S/C22H19N5O3/c1-16-14-21(26(24-16)19-8-10-20(11-9-19)27(29)30)23-22(28)15-17-4-6-18(7-5-17)25-12-2-3-13-25/h2-14H,15H2,1H3,(H,23,28). The van der Waals surface area contributed by atoms with Crippen molar-refractivity contribution in [3.05, 3.63) is 100 Å². The molecule has 2 aromatic heterocycles. The summed E-state index contributed by atoms with van der Waals surface area (Å²) in [6, 6.07) is 19.5. The first kappa shape index (κ1) is 19.1. The number of aryl methyl sites for hydroxylation is 1. The molecule has 2 aromatic carbocycles. The van der Waals surface area contributed by atoms with Gasteiger partial charge in [0.2, 0.25) is 5.91 Å². The van der Waals surface area contributed by atoms with E-state index in [0.717, 1.165) is 16.9 Å². The van der Waals surface area contributed by atoms with E-state index < -0.39 is 4.92 Å². The van der Waals surface area contributed by atoms with E-state index in [9.17, 15) is 14.9 Å². The number of hydrogen-bond acceptors (Lipinski definition) is 4.